The van der Waals surface area contributed by atoms with E-state index < -0.39 is 0 Å². The maximum atomic E-state index is 4.63. The number of benzene rings is 1. The lowest BCUT2D eigenvalue weighted by Crippen LogP contribution is -2.12. The van der Waals surface area contributed by atoms with Gasteiger partial charge < -0.3 is 0 Å². The molecule has 0 unspecified atom stereocenters. The smallest absolute Gasteiger partial charge is 0.0711 e. The molecule has 22 heavy (non-hydrogen) atoms. The van der Waals surface area contributed by atoms with Crippen LogP contribution in [0.3, 0.4) is 0 Å². The standard InChI is InChI=1S/C20H22N2/c1-13-6-7-18(21-11-13)15-9-17(20(3,4)5)16-8-14(2)12-22-19(16)10-15/h6-12H,1-5H3. The van der Waals surface area contributed by atoms with Gasteiger partial charge in [-0.3, -0.25) is 9.97 Å². The monoisotopic (exact) mass is 290 g/mol. The van der Waals surface area contributed by atoms with Crippen LogP contribution < -0.4 is 0 Å². The van der Waals surface area contributed by atoms with Crippen LogP contribution in [0, 0.1) is 13.8 Å². The van der Waals surface area contributed by atoms with Crippen LogP contribution in [0.5, 0.6) is 0 Å². The van der Waals surface area contributed by atoms with Gasteiger partial charge in [-0.1, -0.05) is 26.8 Å². The van der Waals surface area contributed by atoms with Crippen molar-refractivity contribution in [2.45, 2.75) is 40.0 Å². The summed E-state index contributed by atoms with van der Waals surface area (Å²) in [6.07, 6.45) is 3.85. The third-order valence-corrected chi connectivity index (χ3v) is 3.95. The number of nitrogens with zero attached hydrogens (tertiary/aromatic N) is 2. The molecule has 112 valence electrons. The highest BCUT2D eigenvalue weighted by Crippen LogP contribution is 2.33. The molecule has 0 radical (unpaired) electrons. The molecule has 0 spiro atoms. The molecule has 0 bridgehead atoms. The fourth-order valence-corrected chi connectivity index (χ4v) is 2.74. The minimum absolute atomic E-state index is 0.0639. The molecule has 0 saturated carbocycles. The van der Waals surface area contributed by atoms with E-state index in [1.54, 1.807) is 0 Å². The van der Waals surface area contributed by atoms with E-state index in [9.17, 15) is 0 Å². The third-order valence-electron chi connectivity index (χ3n) is 3.95. The lowest BCUT2D eigenvalue weighted by atomic mass is 9.83. The SMILES string of the molecule is Cc1ccc(-c2cc(C(C)(C)C)c3cc(C)cnc3c2)nc1. The Morgan fingerprint density at radius 1 is 0.818 bits per heavy atom. The number of hydrogen-bond donors (Lipinski definition) is 0. The van der Waals surface area contributed by atoms with E-state index in [-0.39, 0.29) is 5.41 Å². The number of aryl methyl sites for hydroxylation is 2. The molecule has 0 fully saturated rings. The average molecular weight is 290 g/mol. The van der Waals surface area contributed by atoms with Gasteiger partial charge in [0.1, 0.15) is 0 Å². The second kappa shape index (κ2) is 5.20. The maximum Gasteiger partial charge on any atom is 0.0711 e. The highest BCUT2D eigenvalue weighted by molar-refractivity contribution is 5.88. The van der Waals surface area contributed by atoms with Crippen molar-refractivity contribution in [3.8, 4) is 11.3 Å². The van der Waals surface area contributed by atoms with Crippen LogP contribution in [0.4, 0.5) is 0 Å². The Bertz CT molecular complexity index is 825. The summed E-state index contributed by atoms with van der Waals surface area (Å²) in [6.45, 7) is 10.9. The van der Waals surface area contributed by atoms with Gasteiger partial charge in [-0.25, -0.2) is 0 Å². The van der Waals surface area contributed by atoms with Gasteiger partial charge in [0.2, 0.25) is 0 Å². The van der Waals surface area contributed by atoms with Gasteiger partial charge >= 0.3 is 0 Å². The molecule has 2 nitrogen and oxygen atoms in total. The zero-order chi connectivity index (χ0) is 15.9. The van der Waals surface area contributed by atoms with Gasteiger partial charge in [0, 0.05) is 23.3 Å². The van der Waals surface area contributed by atoms with E-state index in [4.69, 9.17) is 0 Å². The minimum atomic E-state index is 0.0639. The van der Waals surface area contributed by atoms with Crippen LogP contribution in [-0.2, 0) is 5.41 Å². The number of aromatic nitrogens is 2. The van der Waals surface area contributed by atoms with E-state index in [0.717, 1.165) is 16.8 Å². The number of fused-ring (bicyclic) bond motifs is 1. The van der Waals surface area contributed by atoms with Gasteiger partial charge in [-0.2, -0.15) is 0 Å². The van der Waals surface area contributed by atoms with Crippen molar-refractivity contribution < 1.29 is 0 Å². The first-order chi connectivity index (χ1) is 10.3. The second-order valence-corrected chi connectivity index (χ2v) is 7.07. The molecule has 0 aliphatic carbocycles. The maximum absolute atomic E-state index is 4.63. The van der Waals surface area contributed by atoms with Crippen molar-refractivity contribution in [3.05, 3.63) is 59.4 Å². The molecule has 3 aromatic rings. The molecule has 0 N–H and O–H groups in total. The summed E-state index contributed by atoms with van der Waals surface area (Å²) in [4.78, 5) is 9.20. The Kier molecular flexibility index (Phi) is 3.48. The Labute approximate surface area is 132 Å². The van der Waals surface area contributed by atoms with Gasteiger partial charge in [-0.15, -0.1) is 0 Å². The van der Waals surface area contributed by atoms with Crippen molar-refractivity contribution in [1.29, 1.82) is 0 Å². The molecule has 2 heterocycles. The highest BCUT2D eigenvalue weighted by Gasteiger charge is 2.19. The van der Waals surface area contributed by atoms with E-state index in [1.807, 2.05) is 12.4 Å². The first-order valence-electron chi connectivity index (χ1n) is 7.68. The van der Waals surface area contributed by atoms with E-state index >= 15 is 0 Å². The summed E-state index contributed by atoms with van der Waals surface area (Å²) in [5.74, 6) is 0. The third kappa shape index (κ3) is 2.74. The molecular formula is C20H22N2. The van der Waals surface area contributed by atoms with Crippen molar-refractivity contribution in [1.82, 2.24) is 9.97 Å². The van der Waals surface area contributed by atoms with Crippen LogP contribution >= 0.6 is 0 Å². The first kappa shape index (κ1) is 14.7. The van der Waals surface area contributed by atoms with Gasteiger partial charge in [0.15, 0.2) is 0 Å². The quantitative estimate of drug-likeness (QED) is 0.614. The summed E-state index contributed by atoms with van der Waals surface area (Å²) in [5, 5.41) is 1.24. The Balaban J connectivity index is 2.29. The van der Waals surface area contributed by atoms with Crippen LogP contribution in [0.25, 0.3) is 22.2 Å². The number of hydrogen-bond acceptors (Lipinski definition) is 2. The number of pyridine rings is 2. The fraction of sp³-hybridized carbons (Fsp3) is 0.300. The fourth-order valence-electron chi connectivity index (χ4n) is 2.74. The zero-order valence-corrected chi connectivity index (χ0v) is 13.9. The van der Waals surface area contributed by atoms with Gasteiger partial charge in [0.05, 0.1) is 11.2 Å². The molecule has 1 aromatic carbocycles. The lowest BCUT2D eigenvalue weighted by Gasteiger charge is -2.22. The van der Waals surface area contributed by atoms with E-state index in [1.165, 1.54) is 22.1 Å². The molecule has 0 atom stereocenters. The van der Waals surface area contributed by atoms with Gasteiger partial charge in [0.25, 0.3) is 0 Å². The molecule has 3 rings (SSSR count). The summed E-state index contributed by atoms with van der Waals surface area (Å²) >= 11 is 0. The molecule has 2 aromatic heterocycles. The normalized spacial score (nSPS) is 11.9. The number of rotatable bonds is 1. The second-order valence-electron chi connectivity index (χ2n) is 7.07. The van der Waals surface area contributed by atoms with Crippen LogP contribution in [0.1, 0.15) is 37.5 Å². The zero-order valence-electron chi connectivity index (χ0n) is 13.9. The van der Waals surface area contributed by atoms with Crippen LogP contribution in [0.15, 0.2) is 42.7 Å². The topological polar surface area (TPSA) is 25.8 Å². The van der Waals surface area contributed by atoms with Crippen molar-refractivity contribution in [2.75, 3.05) is 0 Å². The summed E-state index contributed by atoms with van der Waals surface area (Å²) in [7, 11) is 0. The Hall–Kier alpha value is -2.22. The van der Waals surface area contributed by atoms with Gasteiger partial charge in [-0.05, 0) is 60.2 Å². The molecule has 0 amide bonds. The van der Waals surface area contributed by atoms with Crippen LogP contribution in [-0.4, -0.2) is 9.97 Å². The highest BCUT2D eigenvalue weighted by atomic mass is 14.7. The predicted molar refractivity (Wildman–Crippen MR) is 93.1 cm³/mol. The predicted octanol–water partition coefficient (Wildman–Crippen LogP) is 5.21. The Morgan fingerprint density at radius 2 is 1.55 bits per heavy atom. The summed E-state index contributed by atoms with van der Waals surface area (Å²) < 4.78 is 0. The first-order valence-corrected chi connectivity index (χ1v) is 7.68. The van der Waals surface area contributed by atoms with Crippen molar-refractivity contribution >= 4 is 10.9 Å². The molecule has 0 saturated heterocycles. The molecule has 0 aliphatic heterocycles. The molecular weight excluding hydrogens is 268 g/mol. The largest absolute Gasteiger partial charge is 0.256 e. The van der Waals surface area contributed by atoms with E-state index in [2.05, 4.69) is 74.9 Å². The average Bonchev–Trinajstić information content (AvgIpc) is 2.46. The summed E-state index contributed by atoms with van der Waals surface area (Å²) in [6, 6.07) is 10.8. The summed E-state index contributed by atoms with van der Waals surface area (Å²) in [5.41, 5.74) is 6.92. The van der Waals surface area contributed by atoms with E-state index in [0.29, 0.717) is 0 Å². The Morgan fingerprint density at radius 3 is 2.18 bits per heavy atom. The molecule has 0 aliphatic rings. The van der Waals surface area contributed by atoms with Crippen LogP contribution in [0.2, 0.25) is 0 Å². The lowest BCUT2D eigenvalue weighted by molar-refractivity contribution is 0.596. The van der Waals surface area contributed by atoms with Crippen molar-refractivity contribution in [2.24, 2.45) is 0 Å². The van der Waals surface area contributed by atoms with Crippen molar-refractivity contribution in [3.63, 3.8) is 0 Å². The minimum Gasteiger partial charge on any atom is -0.256 e. The molecule has 2 heteroatoms.